The summed E-state index contributed by atoms with van der Waals surface area (Å²) in [6.07, 6.45) is 4.82. The van der Waals surface area contributed by atoms with Gasteiger partial charge in [0.15, 0.2) is 0 Å². The molecular weight excluding hydrogens is 232 g/mol. The third kappa shape index (κ3) is 2.42. The molecule has 0 N–H and O–H groups in total. The lowest BCUT2D eigenvalue weighted by atomic mass is 10.0. The number of rotatable bonds is 2. The zero-order chi connectivity index (χ0) is 13.4. The smallest absolute Gasteiger partial charge is 0.0485 e. The van der Waals surface area contributed by atoms with Crippen LogP contribution in [0, 0.1) is 0 Å². The van der Waals surface area contributed by atoms with Gasteiger partial charge in [0.2, 0.25) is 0 Å². The maximum atomic E-state index is 2.51. The maximum absolute atomic E-state index is 2.51. The molecule has 3 rings (SSSR count). The van der Waals surface area contributed by atoms with Gasteiger partial charge < -0.3 is 9.47 Å². The van der Waals surface area contributed by atoms with E-state index in [4.69, 9.17) is 0 Å². The van der Waals surface area contributed by atoms with Crippen LogP contribution in [0.25, 0.3) is 10.9 Å². The van der Waals surface area contributed by atoms with Crippen LogP contribution in [0.2, 0.25) is 0 Å². The molecule has 0 amide bonds. The number of hydrogen-bond donors (Lipinski definition) is 0. The molecule has 1 fully saturated rings. The predicted molar refractivity (Wildman–Crippen MR) is 81.8 cm³/mol. The van der Waals surface area contributed by atoms with Crippen molar-refractivity contribution in [3.8, 4) is 0 Å². The number of likely N-dealkylation sites (tertiary alicyclic amines) is 1. The molecule has 0 atom stereocenters. The Morgan fingerprint density at radius 1 is 1.11 bits per heavy atom. The Hall–Kier alpha value is -1.28. The molecule has 19 heavy (non-hydrogen) atoms. The van der Waals surface area contributed by atoms with Gasteiger partial charge >= 0.3 is 0 Å². The lowest BCUT2D eigenvalue weighted by molar-refractivity contribution is 0.224. The normalized spacial score (nSPS) is 18.5. The minimum atomic E-state index is 0.602. The first-order valence-electron chi connectivity index (χ1n) is 7.44. The molecule has 102 valence electrons. The first kappa shape index (κ1) is 12.7. The van der Waals surface area contributed by atoms with Crippen molar-refractivity contribution in [2.45, 2.75) is 38.6 Å². The van der Waals surface area contributed by atoms with Gasteiger partial charge in [-0.25, -0.2) is 0 Å². The summed E-state index contributed by atoms with van der Waals surface area (Å²) in [6.45, 7) is 6.97. The molecule has 0 bridgehead atoms. The van der Waals surface area contributed by atoms with E-state index in [-0.39, 0.29) is 0 Å². The molecule has 0 aliphatic carbocycles. The largest absolute Gasteiger partial charge is 0.344 e. The van der Waals surface area contributed by atoms with Crippen LogP contribution in [-0.4, -0.2) is 29.6 Å². The molecule has 0 radical (unpaired) electrons. The first-order valence-corrected chi connectivity index (χ1v) is 7.44. The molecule has 1 saturated heterocycles. The van der Waals surface area contributed by atoms with Crippen molar-refractivity contribution in [1.29, 1.82) is 0 Å². The molecule has 0 saturated carbocycles. The summed E-state index contributed by atoms with van der Waals surface area (Å²) >= 11 is 0. The second kappa shape index (κ2) is 5.01. The first-order chi connectivity index (χ1) is 9.15. The van der Waals surface area contributed by atoms with Crippen molar-refractivity contribution >= 4 is 10.9 Å². The highest BCUT2D eigenvalue weighted by molar-refractivity contribution is 5.81. The Morgan fingerprint density at radius 3 is 2.53 bits per heavy atom. The van der Waals surface area contributed by atoms with Crippen LogP contribution in [0.3, 0.4) is 0 Å². The van der Waals surface area contributed by atoms with Gasteiger partial charge in [-0.1, -0.05) is 26.0 Å². The Balaban J connectivity index is 1.97. The van der Waals surface area contributed by atoms with E-state index in [2.05, 4.69) is 60.8 Å². The van der Waals surface area contributed by atoms with Gasteiger partial charge in [-0.2, -0.15) is 0 Å². The van der Waals surface area contributed by atoms with Gasteiger partial charge in [-0.15, -0.1) is 0 Å². The van der Waals surface area contributed by atoms with Crippen LogP contribution in [0.5, 0.6) is 0 Å². The number of nitrogens with zero attached hydrogens (tertiary/aromatic N) is 2. The molecule has 2 heteroatoms. The molecule has 1 aliphatic heterocycles. The summed E-state index contributed by atoms with van der Waals surface area (Å²) in [5.74, 6) is 0.602. The molecule has 0 spiro atoms. The fourth-order valence-electron chi connectivity index (χ4n) is 3.12. The standard InChI is InChI=1S/C17H24N2/c1-13(2)15-5-4-14-6-11-19(17(14)12-15)16-7-9-18(3)10-8-16/h4-6,11-13,16H,7-10H2,1-3H3. The SMILES string of the molecule is CC(C)c1ccc2ccn(C3CCN(C)CC3)c2c1. The van der Waals surface area contributed by atoms with E-state index in [0.717, 1.165) is 0 Å². The van der Waals surface area contributed by atoms with Crippen molar-refractivity contribution in [3.63, 3.8) is 0 Å². The second-order valence-electron chi connectivity index (χ2n) is 6.23. The van der Waals surface area contributed by atoms with Crippen molar-refractivity contribution < 1.29 is 0 Å². The number of fused-ring (bicyclic) bond motifs is 1. The van der Waals surface area contributed by atoms with Gasteiger partial charge in [0.05, 0.1) is 0 Å². The highest BCUT2D eigenvalue weighted by Crippen LogP contribution is 2.29. The molecule has 2 heterocycles. The molecule has 1 aromatic carbocycles. The molecule has 2 nitrogen and oxygen atoms in total. The van der Waals surface area contributed by atoms with Crippen molar-refractivity contribution in [2.75, 3.05) is 20.1 Å². The van der Waals surface area contributed by atoms with Crippen LogP contribution in [0.15, 0.2) is 30.5 Å². The van der Waals surface area contributed by atoms with E-state index in [9.17, 15) is 0 Å². The molecular formula is C17H24N2. The second-order valence-corrected chi connectivity index (χ2v) is 6.23. The summed E-state index contributed by atoms with van der Waals surface area (Å²) in [7, 11) is 2.22. The predicted octanol–water partition coefficient (Wildman–Crippen LogP) is 4.03. The molecule has 1 aromatic heterocycles. The van der Waals surface area contributed by atoms with Gasteiger partial charge in [-0.05, 0) is 62.0 Å². The van der Waals surface area contributed by atoms with Crippen LogP contribution in [0.1, 0.15) is 44.2 Å². The van der Waals surface area contributed by atoms with Crippen LogP contribution in [-0.2, 0) is 0 Å². The van der Waals surface area contributed by atoms with Crippen molar-refractivity contribution in [3.05, 3.63) is 36.0 Å². The van der Waals surface area contributed by atoms with E-state index >= 15 is 0 Å². The Labute approximate surface area is 116 Å². The summed E-state index contributed by atoms with van der Waals surface area (Å²) in [5, 5.41) is 1.38. The van der Waals surface area contributed by atoms with Gasteiger partial charge in [0.1, 0.15) is 0 Å². The van der Waals surface area contributed by atoms with E-state index in [1.54, 1.807) is 0 Å². The summed E-state index contributed by atoms with van der Waals surface area (Å²) in [6, 6.07) is 9.87. The number of aromatic nitrogens is 1. The molecule has 1 aliphatic rings. The van der Waals surface area contributed by atoms with E-state index < -0.39 is 0 Å². The van der Waals surface area contributed by atoms with Gasteiger partial charge in [0.25, 0.3) is 0 Å². The van der Waals surface area contributed by atoms with Crippen LogP contribution in [0.4, 0.5) is 0 Å². The lowest BCUT2D eigenvalue weighted by Gasteiger charge is -2.30. The monoisotopic (exact) mass is 256 g/mol. The third-order valence-electron chi connectivity index (χ3n) is 4.50. The third-order valence-corrected chi connectivity index (χ3v) is 4.50. The number of benzene rings is 1. The van der Waals surface area contributed by atoms with Gasteiger partial charge in [-0.3, -0.25) is 0 Å². The van der Waals surface area contributed by atoms with Crippen molar-refractivity contribution in [1.82, 2.24) is 9.47 Å². The van der Waals surface area contributed by atoms with E-state index in [1.165, 1.54) is 42.4 Å². The summed E-state index contributed by atoms with van der Waals surface area (Å²) < 4.78 is 2.51. The Morgan fingerprint density at radius 2 is 1.84 bits per heavy atom. The fraction of sp³-hybridized carbons (Fsp3) is 0.529. The Bertz CT molecular complexity index is 560. The topological polar surface area (TPSA) is 8.17 Å². The van der Waals surface area contributed by atoms with Crippen molar-refractivity contribution in [2.24, 2.45) is 0 Å². The number of hydrogen-bond acceptors (Lipinski definition) is 1. The minimum absolute atomic E-state index is 0.602. The molecule has 0 unspecified atom stereocenters. The maximum Gasteiger partial charge on any atom is 0.0485 e. The van der Waals surface area contributed by atoms with E-state index in [0.29, 0.717) is 12.0 Å². The van der Waals surface area contributed by atoms with Crippen LogP contribution < -0.4 is 0 Å². The fourth-order valence-corrected chi connectivity index (χ4v) is 3.12. The molecule has 2 aromatic rings. The Kier molecular flexibility index (Phi) is 3.36. The zero-order valence-electron chi connectivity index (χ0n) is 12.3. The summed E-state index contributed by atoms with van der Waals surface area (Å²) in [5.41, 5.74) is 2.86. The summed E-state index contributed by atoms with van der Waals surface area (Å²) in [4.78, 5) is 2.43. The highest BCUT2D eigenvalue weighted by Gasteiger charge is 2.19. The average molecular weight is 256 g/mol. The zero-order valence-corrected chi connectivity index (χ0v) is 12.3. The lowest BCUT2D eigenvalue weighted by Crippen LogP contribution is -2.31. The minimum Gasteiger partial charge on any atom is -0.344 e. The number of piperidine rings is 1. The van der Waals surface area contributed by atoms with Gasteiger partial charge in [0, 0.05) is 17.8 Å². The highest BCUT2D eigenvalue weighted by atomic mass is 15.1. The quantitative estimate of drug-likeness (QED) is 0.787. The average Bonchev–Trinajstić information content (AvgIpc) is 2.82. The van der Waals surface area contributed by atoms with Crippen LogP contribution >= 0.6 is 0 Å². The van der Waals surface area contributed by atoms with E-state index in [1.807, 2.05) is 0 Å².